The quantitative estimate of drug-likeness (QED) is 0.334. The SMILES string of the molecule is O=C(Cc1ccc(F)cc1)NCCNC(=O)c1ccn(-c2ccc([N+](=O)[O-])cc2)n1. The van der Waals surface area contributed by atoms with Crippen molar-refractivity contribution >= 4 is 17.5 Å². The first-order chi connectivity index (χ1) is 14.4. The fraction of sp³-hybridized carbons (Fsp3) is 0.150. The number of rotatable bonds is 8. The van der Waals surface area contributed by atoms with Crippen molar-refractivity contribution in [2.75, 3.05) is 13.1 Å². The monoisotopic (exact) mass is 411 g/mol. The molecule has 0 radical (unpaired) electrons. The first-order valence-electron chi connectivity index (χ1n) is 9.02. The van der Waals surface area contributed by atoms with Crippen molar-refractivity contribution in [3.63, 3.8) is 0 Å². The van der Waals surface area contributed by atoms with E-state index in [1.54, 1.807) is 6.20 Å². The summed E-state index contributed by atoms with van der Waals surface area (Å²) in [5.41, 5.74) is 1.40. The smallest absolute Gasteiger partial charge is 0.271 e. The van der Waals surface area contributed by atoms with Crippen LogP contribution in [0.1, 0.15) is 16.1 Å². The summed E-state index contributed by atoms with van der Waals surface area (Å²) in [7, 11) is 0. The number of aromatic nitrogens is 2. The van der Waals surface area contributed by atoms with Gasteiger partial charge in [0.15, 0.2) is 5.69 Å². The maximum absolute atomic E-state index is 12.9. The summed E-state index contributed by atoms with van der Waals surface area (Å²) in [4.78, 5) is 34.2. The number of non-ortho nitro benzene ring substituents is 1. The van der Waals surface area contributed by atoms with Gasteiger partial charge >= 0.3 is 0 Å². The molecule has 9 nitrogen and oxygen atoms in total. The lowest BCUT2D eigenvalue weighted by atomic mass is 10.1. The van der Waals surface area contributed by atoms with Crippen LogP contribution in [0, 0.1) is 15.9 Å². The summed E-state index contributed by atoms with van der Waals surface area (Å²) in [6.45, 7) is 0.438. The lowest BCUT2D eigenvalue weighted by Crippen LogP contribution is -2.35. The minimum atomic E-state index is -0.496. The molecule has 154 valence electrons. The van der Waals surface area contributed by atoms with Gasteiger partial charge in [-0.25, -0.2) is 9.07 Å². The second-order valence-corrected chi connectivity index (χ2v) is 6.33. The van der Waals surface area contributed by atoms with Crippen molar-refractivity contribution in [2.24, 2.45) is 0 Å². The fourth-order valence-electron chi connectivity index (χ4n) is 2.63. The molecule has 1 aromatic heterocycles. The minimum Gasteiger partial charge on any atom is -0.354 e. The molecule has 1 heterocycles. The van der Waals surface area contributed by atoms with Gasteiger partial charge in [-0.05, 0) is 35.9 Å². The van der Waals surface area contributed by atoms with E-state index in [0.717, 1.165) is 0 Å². The van der Waals surface area contributed by atoms with E-state index in [1.165, 1.54) is 59.3 Å². The number of halogens is 1. The van der Waals surface area contributed by atoms with Crippen molar-refractivity contribution in [3.05, 3.63) is 88.0 Å². The number of carbonyl (C=O) groups is 2. The number of nitrogens with zero attached hydrogens (tertiary/aromatic N) is 3. The zero-order valence-corrected chi connectivity index (χ0v) is 15.7. The molecule has 2 aromatic carbocycles. The number of hydrogen-bond donors (Lipinski definition) is 2. The Hall–Kier alpha value is -4.08. The fourth-order valence-corrected chi connectivity index (χ4v) is 2.63. The molecular weight excluding hydrogens is 393 g/mol. The third-order valence-corrected chi connectivity index (χ3v) is 4.16. The summed E-state index contributed by atoms with van der Waals surface area (Å²) in [5, 5.41) is 20.2. The summed E-state index contributed by atoms with van der Waals surface area (Å²) >= 11 is 0. The van der Waals surface area contributed by atoms with Crippen molar-refractivity contribution in [3.8, 4) is 5.69 Å². The van der Waals surface area contributed by atoms with Crippen molar-refractivity contribution in [1.82, 2.24) is 20.4 Å². The molecule has 3 aromatic rings. The molecule has 3 rings (SSSR count). The molecule has 2 amide bonds. The van der Waals surface area contributed by atoms with E-state index in [2.05, 4.69) is 15.7 Å². The van der Waals surface area contributed by atoms with Crippen molar-refractivity contribution < 1.29 is 18.9 Å². The molecule has 0 aliphatic carbocycles. The molecule has 0 fully saturated rings. The van der Waals surface area contributed by atoms with E-state index in [1.807, 2.05) is 0 Å². The number of hydrogen-bond acceptors (Lipinski definition) is 5. The second kappa shape index (κ2) is 9.41. The predicted octanol–water partition coefficient (Wildman–Crippen LogP) is 2.01. The Morgan fingerprint density at radius 3 is 2.33 bits per heavy atom. The minimum absolute atomic E-state index is 0.0367. The van der Waals surface area contributed by atoms with Gasteiger partial charge in [0.2, 0.25) is 5.91 Å². The van der Waals surface area contributed by atoms with Gasteiger partial charge in [-0.2, -0.15) is 5.10 Å². The van der Waals surface area contributed by atoms with Gasteiger partial charge in [-0.1, -0.05) is 12.1 Å². The predicted molar refractivity (Wildman–Crippen MR) is 106 cm³/mol. The second-order valence-electron chi connectivity index (χ2n) is 6.33. The first-order valence-corrected chi connectivity index (χ1v) is 9.02. The van der Waals surface area contributed by atoms with Gasteiger partial charge in [-0.15, -0.1) is 0 Å². The molecule has 30 heavy (non-hydrogen) atoms. The highest BCUT2D eigenvalue weighted by atomic mass is 19.1. The van der Waals surface area contributed by atoms with Crippen LogP contribution in [0.2, 0.25) is 0 Å². The van der Waals surface area contributed by atoms with Crippen LogP contribution in [0.15, 0.2) is 60.8 Å². The van der Waals surface area contributed by atoms with Gasteiger partial charge in [0.05, 0.1) is 17.0 Å². The van der Waals surface area contributed by atoms with E-state index < -0.39 is 10.8 Å². The van der Waals surface area contributed by atoms with Crippen LogP contribution in [0.25, 0.3) is 5.69 Å². The maximum Gasteiger partial charge on any atom is 0.271 e. The topological polar surface area (TPSA) is 119 Å². The Kier molecular flexibility index (Phi) is 6.48. The van der Waals surface area contributed by atoms with Crippen LogP contribution in [0.4, 0.5) is 10.1 Å². The van der Waals surface area contributed by atoms with Gasteiger partial charge in [-0.3, -0.25) is 19.7 Å². The highest BCUT2D eigenvalue weighted by molar-refractivity contribution is 5.92. The molecule has 0 atom stereocenters. The number of amides is 2. The van der Waals surface area contributed by atoms with E-state index in [0.29, 0.717) is 11.3 Å². The first kappa shape index (κ1) is 20.6. The summed E-state index contributed by atoms with van der Waals surface area (Å²) < 4.78 is 14.3. The van der Waals surface area contributed by atoms with E-state index in [4.69, 9.17) is 0 Å². The van der Waals surface area contributed by atoms with E-state index in [9.17, 15) is 24.1 Å². The Morgan fingerprint density at radius 1 is 1.00 bits per heavy atom. The normalized spacial score (nSPS) is 10.4. The zero-order chi connectivity index (χ0) is 21.5. The van der Waals surface area contributed by atoms with E-state index >= 15 is 0 Å². The number of nitrogens with one attached hydrogen (secondary N) is 2. The Balaban J connectivity index is 1.44. The molecule has 0 aliphatic rings. The summed E-state index contributed by atoms with van der Waals surface area (Å²) in [6, 6.07) is 12.9. The molecule has 0 saturated carbocycles. The van der Waals surface area contributed by atoms with Crippen molar-refractivity contribution in [1.29, 1.82) is 0 Å². The summed E-state index contributed by atoms with van der Waals surface area (Å²) in [6.07, 6.45) is 1.69. The van der Waals surface area contributed by atoms with E-state index in [-0.39, 0.29) is 42.6 Å². The van der Waals surface area contributed by atoms with Crippen LogP contribution in [0.5, 0.6) is 0 Å². The molecule has 10 heteroatoms. The molecule has 0 bridgehead atoms. The average Bonchev–Trinajstić information content (AvgIpc) is 3.23. The van der Waals surface area contributed by atoms with Crippen LogP contribution >= 0.6 is 0 Å². The van der Waals surface area contributed by atoms with Crippen molar-refractivity contribution in [2.45, 2.75) is 6.42 Å². The molecule has 0 spiro atoms. The highest BCUT2D eigenvalue weighted by Crippen LogP contribution is 2.14. The van der Waals surface area contributed by atoms with Crippen LogP contribution in [-0.4, -0.2) is 39.6 Å². The summed E-state index contributed by atoms with van der Waals surface area (Å²) in [5.74, 6) is -1.01. The molecule has 2 N–H and O–H groups in total. The van der Waals surface area contributed by atoms with Gasteiger partial charge in [0.1, 0.15) is 5.82 Å². The highest BCUT2D eigenvalue weighted by Gasteiger charge is 2.11. The maximum atomic E-state index is 12.9. The average molecular weight is 411 g/mol. The van der Waals surface area contributed by atoms with Crippen LogP contribution in [-0.2, 0) is 11.2 Å². The standard InChI is InChI=1S/C20H18FN5O4/c21-15-3-1-14(2-4-15)13-19(27)22-10-11-23-20(28)18-9-12-25(24-18)16-5-7-17(8-6-16)26(29)30/h1-9,12H,10-11,13H2,(H,22,27)(H,23,28). The molecular formula is C20H18FN5O4. The number of nitro groups is 1. The van der Waals surface area contributed by atoms with Gasteiger partial charge < -0.3 is 10.6 Å². The Labute approximate surface area is 170 Å². The number of benzene rings is 2. The Bertz CT molecular complexity index is 1050. The molecule has 0 unspecified atom stereocenters. The third kappa shape index (κ3) is 5.47. The lowest BCUT2D eigenvalue weighted by Gasteiger charge is -2.06. The largest absolute Gasteiger partial charge is 0.354 e. The van der Waals surface area contributed by atoms with Gasteiger partial charge in [0, 0.05) is 31.4 Å². The molecule has 0 saturated heterocycles. The lowest BCUT2D eigenvalue weighted by molar-refractivity contribution is -0.384. The third-order valence-electron chi connectivity index (χ3n) is 4.16. The Morgan fingerprint density at radius 2 is 1.67 bits per heavy atom. The number of carbonyl (C=O) groups excluding carboxylic acids is 2. The number of nitro benzene ring substituents is 1. The van der Waals surface area contributed by atoms with Gasteiger partial charge in [0.25, 0.3) is 11.6 Å². The molecule has 0 aliphatic heterocycles. The van der Waals surface area contributed by atoms with Crippen LogP contribution in [0.3, 0.4) is 0 Å². The zero-order valence-electron chi connectivity index (χ0n) is 15.7. The van der Waals surface area contributed by atoms with Crippen LogP contribution < -0.4 is 10.6 Å².